The number of anilines is 1. The minimum absolute atomic E-state index is 0.262. The Labute approximate surface area is 101 Å². The smallest absolute Gasteiger partial charge is 0.241 e. The summed E-state index contributed by atoms with van der Waals surface area (Å²) in [5.74, 6) is -0.591. The van der Waals surface area contributed by atoms with Crippen LogP contribution in [0.2, 0.25) is 0 Å². The molecule has 1 atom stereocenters. The molecule has 3 N–H and O–H groups in total. The fraction of sp³-hybridized carbons (Fsp3) is 0.462. The molecule has 0 fully saturated rings. The Morgan fingerprint density at radius 3 is 2.82 bits per heavy atom. The maximum Gasteiger partial charge on any atom is 0.241 e. The summed E-state index contributed by atoms with van der Waals surface area (Å²) in [6.45, 7) is 3.72. The van der Waals surface area contributed by atoms with Crippen molar-refractivity contribution < 1.29 is 9.18 Å². The van der Waals surface area contributed by atoms with Gasteiger partial charge in [0.2, 0.25) is 5.91 Å². The van der Waals surface area contributed by atoms with Crippen molar-refractivity contribution in [3.63, 3.8) is 0 Å². The Bertz CT molecular complexity index is 393. The normalized spacial score (nSPS) is 12.2. The number of unbranched alkanes of at least 4 members (excludes halogenated alkanes) is 1. The molecule has 3 nitrogen and oxygen atoms in total. The quantitative estimate of drug-likeness (QED) is 0.828. The van der Waals surface area contributed by atoms with Crippen LogP contribution in [0, 0.1) is 12.7 Å². The van der Waals surface area contributed by atoms with E-state index in [0.29, 0.717) is 17.7 Å². The van der Waals surface area contributed by atoms with E-state index >= 15 is 0 Å². The largest absolute Gasteiger partial charge is 0.325 e. The minimum atomic E-state index is -0.528. The molecule has 0 aliphatic rings. The van der Waals surface area contributed by atoms with Gasteiger partial charge in [-0.15, -0.1) is 0 Å². The molecule has 0 aromatic heterocycles. The molecule has 17 heavy (non-hydrogen) atoms. The second-order valence-electron chi connectivity index (χ2n) is 4.20. The number of rotatable bonds is 5. The third kappa shape index (κ3) is 4.15. The predicted molar refractivity (Wildman–Crippen MR) is 67.3 cm³/mol. The Morgan fingerprint density at radius 2 is 2.24 bits per heavy atom. The number of nitrogens with two attached hydrogens (primary N) is 1. The van der Waals surface area contributed by atoms with Gasteiger partial charge in [-0.25, -0.2) is 4.39 Å². The van der Waals surface area contributed by atoms with Crippen LogP contribution in [-0.4, -0.2) is 11.9 Å². The summed E-state index contributed by atoms with van der Waals surface area (Å²) in [7, 11) is 0. The van der Waals surface area contributed by atoms with Crippen molar-refractivity contribution in [3.8, 4) is 0 Å². The zero-order valence-corrected chi connectivity index (χ0v) is 10.3. The highest BCUT2D eigenvalue weighted by Gasteiger charge is 2.13. The van der Waals surface area contributed by atoms with E-state index in [9.17, 15) is 9.18 Å². The number of amides is 1. The van der Waals surface area contributed by atoms with E-state index in [-0.39, 0.29) is 11.7 Å². The van der Waals surface area contributed by atoms with Gasteiger partial charge in [0, 0.05) is 5.69 Å². The Kier molecular flexibility index (Phi) is 5.10. The summed E-state index contributed by atoms with van der Waals surface area (Å²) in [6.07, 6.45) is 2.56. The highest BCUT2D eigenvalue weighted by atomic mass is 19.1. The van der Waals surface area contributed by atoms with Gasteiger partial charge in [0.25, 0.3) is 0 Å². The van der Waals surface area contributed by atoms with E-state index in [0.717, 1.165) is 12.8 Å². The fourth-order valence-electron chi connectivity index (χ4n) is 1.46. The van der Waals surface area contributed by atoms with Gasteiger partial charge in [-0.3, -0.25) is 4.79 Å². The van der Waals surface area contributed by atoms with E-state index in [1.807, 2.05) is 6.92 Å². The van der Waals surface area contributed by atoms with Gasteiger partial charge in [-0.2, -0.15) is 0 Å². The van der Waals surface area contributed by atoms with Crippen LogP contribution in [0.25, 0.3) is 0 Å². The molecule has 1 aromatic rings. The number of hydrogen-bond acceptors (Lipinski definition) is 2. The van der Waals surface area contributed by atoms with E-state index in [2.05, 4.69) is 5.32 Å². The first-order valence-electron chi connectivity index (χ1n) is 5.87. The van der Waals surface area contributed by atoms with Crippen LogP contribution in [0.3, 0.4) is 0 Å². The van der Waals surface area contributed by atoms with Gasteiger partial charge in [0.1, 0.15) is 5.82 Å². The molecule has 1 rings (SSSR count). The lowest BCUT2D eigenvalue weighted by Gasteiger charge is -2.12. The number of carbonyl (C=O) groups excluding carboxylic acids is 1. The topological polar surface area (TPSA) is 55.1 Å². The highest BCUT2D eigenvalue weighted by Crippen LogP contribution is 2.14. The number of carbonyl (C=O) groups is 1. The number of nitrogens with one attached hydrogen (secondary N) is 1. The summed E-state index contributed by atoms with van der Waals surface area (Å²) in [6, 6.07) is 4.07. The monoisotopic (exact) mass is 238 g/mol. The maximum absolute atomic E-state index is 13.3. The van der Waals surface area contributed by atoms with E-state index < -0.39 is 6.04 Å². The minimum Gasteiger partial charge on any atom is -0.325 e. The molecule has 0 saturated heterocycles. The Balaban J connectivity index is 2.58. The molecule has 0 radical (unpaired) electrons. The van der Waals surface area contributed by atoms with E-state index in [1.165, 1.54) is 6.07 Å². The van der Waals surface area contributed by atoms with Gasteiger partial charge < -0.3 is 11.1 Å². The molecule has 1 unspecified atom stereocenters. The summed E-state index contributed by atoms with van der Waals surface area (Å²) in [5, 5.41) is 2.61. The third-order valence-electron chi connectivity index (χ3n) is 2.64. The molecular formula is C13H19FN2O. The van der Waals surface area contributed by atoms with Crippen molar-refractivity contribution in [3.05, 3.63) is 29.6 Å². The van der Waals surface area contributed by atoms with Crippen LogP contribution in [0.5, 0.6) is 0 Å². The van der Waals surface area contributed by atoms with Gasteiger partial charge in [-0.1, -0.05) is 25.8 Å². The summed E-state index contributed by atoms with van der Waals surface area (Å²) < 4.78 is 13.3. The molecule has 94 valence electrons. The molecule has 0 bridgehead atoms. The van der Waals surface area contributed by atoms with Crippen molar-refractivity contribution in [2.45, 2.75) is 39.2 Å². The van der Waals surface area contributed by atoms with Crippen molar-refractivity contribution in [2.75, 3.05) is 5.32 Å². The van der Waals surface area contributed by atoms with Crippen molar-refractivity contribution in [2.24, 2.45) is 5.73 Å². The Hall–Kier alpha value is -1.42. The summed E-state index contributed by atoms with van der Waals surface area (Å²) in [4.78, 5) is 11.7. The Morgan fingerprint density at radius 1 is 1.53 bits per heavy atom. The lowest BCUT2D eigenvalue weighted by atomic mass is 10.1. The molecule has 1 aromatic carbocycles. The third-order valence-corrected chi connectivity index (χ3v) is 2.64. The fourth-order valence-corrected chi connectivity index (χ4v) is 1.46. The molecule has 0 spiro atoms. The van der Waals surface area contributed by atoms with Gasteiger partial charge in [0.15, 0.2) is 0 Å². The average Bonchev–Trinajstić information content (AvgIpc) is 2.30. The average molecular weight is 238 g/mol. The molecular weight excluding hydrogens is 219 g/mol. The molecule has 0 aliphatic carbocycles. The maximum atomic E-state index is 13.3. The molecule has 0 aliphatic heterocycles. The van der Waals surface area contributed by atoms with Crippen LogP contribution in [0.15, 0.2) is 18.2 Å². The van der Waals surface area contributed by atoms with Gasteiger partial charge in [-0.05, 0) is 31.0 Å². The van der Waals surface area contributed by atoms with Crippen LogP contribution in [-0.2, 0) is 4.79 Å². The standard InChI is InChI=1S/C13H19FN2O/c1-3-4-5-12(15)13(17)16-10-7-6-9(2)11(14)8-10/h6-8,12H,3-5,15H2,1-2H3,(H,16,17). The first kappa shape index (κ1) is 13.6. The second-order valence-corrected chi connectivity index (χ2v) is 4.20. The molecule has 0 saturated carbocycles. The SMILES string of the molecule is CCCCC(N)C(=O)Nc1ccc(C)c(F)c1. The number of aryl methyl sites for hydroxylation is 1. The van der Waals surface area contributed by atoms with E-state index in [1.54, 1.807) is 19.1 Å². The van der Waals surface area contributed by atoms with Crippen LogP contribution < -0.4 is 11.1 Å². The van der Waals surface area contributed by atoms with Crippen LogP contribution in [0.4, 0.5) is 10.1 Å². The van der Waals surface area contributed by atoms with Crippen molar-refractivity contribution in [1.82, 2.24) is 0 Å². The zero-order chi connectivity index (χ0) is 12.8. The number of benzene rings is 1. The second kappa shape index (κ2) is 6.35. The first-order chi connectivity index (χ1) is 8.04. The van der Waals surface area contributed by atoms with Crippen LogP contribution >= 0.6 is 0 Å². The first-order valence-corrected chi connectivity index (χ1v) is 5.87. The summed E-state index contributed by atoms with van der Waals surface area (Å²) in [5.41, 5.74) is 6.72. The van der Waals surface area contributed by atoms with Crippen molar-refractivity contribution >= 4 is 11.6 Å². The van der Waals surface area contributed by atoms with Crippen LogP contribution in [0.1, 0.15) is 31.7 Å². The predicted octanol–water partition coefficient (Wildman–Crippen LogP) is 2.59. The molecule has 4 heteroatoms. The summed E-state index contributed by atoms with van der Waals surface area (Å²) >= 11 is 0. The van der Waals surface area contributed by atoms with E-state index in [4.69, 9.17) is 5.73 Å². The number of halogens is 1. The van der Waals surface area contributed by atoms with Gasteiger partial charge in [0.05, 0.1) is 6.04 Å². The molecule has 0 heterocycles. The lowest BCUT2D eigenvalue weighted by molar-refractivity contribution is -0.117. The zero-order valence-electron chi connectivity index (χ0n) is 10.3. The lowest BCUT2D eigenvalue weighted by Crippen LogP contribution is -2.35. The highest BCUT2D eigenvalue weighted by molar-refractivity contribution is 5.94. The molecule has 1 amide bonds. The van der Waals surface area contributed by atoms with Gasteiger partial charge >= 0.3 is 0 Å². The number of hydrogen-bond donors (Lipinski definition) is 2. The van der Waals surface area contributed by atoms with Crippen molar-refractivity contribution in [1.29, 1.82) is 0 Å².